The summed E-state index contributed by atoms with van der Waals surface area (Å²) in [4.78, 5) is 16.4. The molecule has 0 bridgehead atoms. The van der Waals surface area contributed by atoms with Crippen molar-refractivity contribution in [1.82, 2.24) is 4.98 Å². The number of Topliss-reactive ketones (excluding diaryl/α,β-unsaturated/α-hetero) is 1. The van der Waals surface area contributed by atoms with Gasteiger partial charge in [-0.15, -0.1) is 11.3 Å². The molecule has 100 valence electrons. The summed E-state index contributed by atoms with van der Waals surface area (Å²) >= 11 is 1.58. The Labute approximate surface area is 118 Å². The fourth-order valence-corrected chi connectivity index (χ4v) is 2.67. The van der Waals surface area contributed by atoms with Crippen molar-refractivity contribution in [2.75, 3.05) is 0 Å². The van der Waals surface area contributed by atoms with Crippen LogP contribution in [0.25, 0.3) is 11.3 Å². The van der Waals surface area contributed by atoms with Crippen LogP contribution in [0.3, 0.4) is 0 Å². The summed E-state index contributed by atoms with van der Waals surface area (Å²) in [6.45, 7) is 4.29. The van der Waals surface area contributed by atoms with E-state index in [9.17, 15) is 4.79 Å². The van der Waals surface area contributed by atoms with Crippen molar-refractivity contribution in [3.63, 3.8) is 0 Å². The van der Waals surface area contributed by atoms with Gasteiger partial charge in [0.2, 0.25) is 0 Å². The number of ketones is 1. The zero-order chi connectivity index (χ0) is 13.7. The van der Waals surface area contributed by atoms with E-state index in [1.807, 2.05) is 35.7 Å². The number of thiazole rings is 1. The van der Waals surface area contributed by atoms with Crippen molar-refractivity contribution in [2.24, 2.45) is 5.92 Å². The standard InChI is InChI=1S/C16H19NOS/c1-12(2)8-9-14(18)10-16-17-15(11-19-16)13-6-4-3-5-7-13/h3-7,11-12H,8-10H2,1-2H3. The van der Waals surface area contributed by atoms with Gasteiger partial charge in [0.25, 0.3) is 0 Å². The molecular formula is C16H19NOS. The fourth-order valence-electron chi connectivity index (χ4n) is 1.84. The molecule has 2 aromatic rings. The molecule has 0 atom stereocenters. The Kier molecular flexibility index (Phi) is 4.86. The van der Waals surface area contributed by atoms with E-state index >= 15 is 0 Å². The maximum Gasteiger partial charge on any atom is 0.139 e. The van der Waals surface area contributed by atoms with Crippen molar-refractivity contribution in [3.05, 3.63) is 40.7 Å². The van der Waals surface area contributed by atoms with E-state index in [2.05, 4.69) is 18.8 Å². The first-order valence-electron chi connectivity index (χ1n) is 6.66. The highest BCUT2D eigenvalue weighted by molar-refractivity contribution is 7.10. The molecular weight excluding hydrogens is 254 g/mol. The van der Waals surface area contributed by atoms with Gasteiger partial charge in [-0.2, -0.15) is 0 Å². The number of hydrogen-bond donors (Lipinski definition) is 0. The molecule has 0 aliphatic carbocycles. The molecule has 0 N–H and O–H groups in total. The predicted molar refractivity (Wildman–Crippen MR) is 80.3 cm³/mol. The molecule has 19 heavy (non-hydrogen) atoms. The van der Waals surface area contributed by atoms with Gasteiger partial charge in [0.05, 0.1) is 12.1 Å². The molecule has 0 aliphatic rings. The van der Waals surface area contributed by atoms with Gasteiger partial charge < -0.3 is 0 Å². The first-order chi connectivity index (χ1) is 9.15. The van der Waals surface area contributed by atoms with Crippen LogP contribution < -0.4 is 0 Å². The van der Waals surface area contributed by atoms with Crippen molar-refractivity contribution >= 4 is 17.1 Å². The topological polar surface area (TPSA) is 30.0 Å². The SMILES string of the molecule is CC(C)CCC(=O)Cc1nc(-c2ccccc2)cs1. The highest BCUT2D eigenvalue weighted by atomic mass is 32.1. The van der Waals surface area contributed by atoms with Gasteiger partial charge in [-0.3, -0.25) is 4.79 Å². The van der Waals surface area contributed by atoms with Gasteiger partial charge in [0.15, 0.2) is 0 Å². The van der Waals surface area contributed by atoms with Gasteiger partial charge in [0, 0.05) is 17.4 Å². The molecule has 0 spiro atoms. The summed E-state index contributed by atoms with van der Waals surface area (Å²) in [5, 5.41) is 2.95. The zero-order valence-corrected chi connectivity index (χ0v) is 12.2. The van der Waals surface area contributed by atoms with Crippen LogP contribution >= 0.6 is 11.3 Å². The molecule has 0 unspecified atom stereocenters. The third-order valence-corrected chi connectivity index (χ3v) is 3.82. The van der Waals surface area contributed by atoms with Gasteiger partial charge in [-0.25, -0.2) is 4.98 Å². The van der Waals surface area contributed by atoms with Crippen molar-refractivity contribution < 1.29 is 4.79 Å². The van der Waals surface area contributed by atoms with Gasteiger partial charge in [0.1, 0.15) is 10.8 Å². The van der Waals surface area contributed by atoms with E-state index in [4.69, 9.17) is 0 Å². The number of carbonyl (C=O) groups excluding carboxylic acids is 1. The Hall–Kier alpha value is -1.48. The second-order valence-electron chi connectivity index (χ2n) is 5.14. The molecule has 0 aliphatic heterocycles. The van der Waals surface area contributed by atoms with Crippen LogP contribution in [0, 0.1) is 5.92 Å². The quantitative estimate of drug-likeness (QED) is 0.782. The Morgan fingerprint density at radius 2 is 2.00 bits per heavy atom. The number of benzene rings is 1. The summed E-state index contributed by atoms with van der Waals surface area (Å²) in [7, 11) is 0. The summed E-state index contributed by atoms with van der Waals surface area (Å²) in [6.07, 6.45) is 2.11. The molecule has 1 aromatic heterocycles. The predicted octanol–water partition coefficient (Wildman–Crippen LogP) is 4.36. The highest BCUT2D eigenvalue weighted by Crippen LogP contribution is 2.22. The number of nitrogens with zero attached hydrogens (tertiary/aromatic N) is 1. The normalized spacial score (nSPS) is 10.9. The Morgan fingerprint density at radius 1 is 1.26 bits per heavy atom. The van der Waals surface area contributed by atoms with Crippen molar-refractivity contribution in [3.8, 4) is 11.3 Å². The third-order valence-electron chi connectivity index (χ3n) is 2.97. The maximum absolute atomic E-state index is 11.8. The number of hydrogen-bond acceptors (Lipinski definition) is 3. The Bertz CT molecular complexity index is 531. The second-order valence-corrected chi connectivity index (χ2v) is 6.08. The van der Waals surface area contributed by atoms with E-state index in [1.165, 1.54) is 0 Å². The van der Waals surface area contributed by atoms with Crippen LogP contribution in [0.5, 0.6) is 0 Å². The molecule has 0 amide bonds. The Morgan fingerprint density at radius 3 is 2.68 bits per heavy atom. The van der Waals surface area contributed by atoms with E-state index < -0.39 is 0 Å². The lowest BCUT2D eigenvalue weighted by Crippen LogP contribution is -2.04. The monoisotopic (exact) mass is 273 g/mol. The number of rotatable bonds is 6. The van der Waals surface area contributed by atoms with Crippen molar-refractivity contribution in [2.45, 2.75) is 33.1 Å². The second kappa shape index (κ2) is 6.62. The van der Waals surface area contributed by atoms with Crippen LogP contribution in [0.15, 0.2) is 35.7 Å². The average Bonchev–Trinajstić information content (AvgIpc) is 2.86. The van der Waals surface area contributed by atoms with Gasteiger partial charge in [-0.05, 0) is 12.3 Å². The smallest absolute Gasteiger partial charge is 0.139 e. The van der Waals surface area contributed by atoms with Gasteiger partial charge in [-0.1, -0.05) is 44.2 Å². The number of carbonyl (C=O) groups is 1. The lowest BCUT2D eigenvalue weighted by molar-refractivity contribution is -0.118. The minimum Gasteiger partial charge on any atom is -0.299 e. The van der Waals surface area contributed by atoms with E-state index in [0.29, 0.717) is 24.5 Å². The average molecular weight is 273 g/mol. The molecule has 0 radical (unpaired) electrons. The molecule has 0 saturated heterocycles. The lowest BCUT2D eigenvalue weighted by atomic mass is 10.0. The molecule has 0 saturated carbocycles. The van der Waals surface area contributed by atoms with E-state index in [0.717, 1.165) is 22.7 Å². The fraction of sp³-hybridized carbons (Fsp3) is 0.375. The summed E-state index contributed by atoms with van der Waals surface area (Å²) in [6, 6.07) is 10.1. The molecule has 2 rings (SSSR count). The third kappa shape index (κ3) is 4.28. The van der Waals surface area contributed by atoms with Crippen LogP contribution in [-0.4, -0.2) is 10.8 Å². The first kappa shape index (κ1) is 13.9. The maximum atomic E-state index is 11.8. The van der Waals surface area contributed by atoms with Crippen LogP contribution in [0.4, 0.5) is 0 Å². The van der Waals surface area contributed by atoms with E-state index in [1.54, 1.807) is 11.3 Å². The minimum absolute atomic E-state index is 0.294. The zero-order valence-electron chi connectivity index (χ0n) is 11.4. The summed E-state index contributed by atoms with van der Waals surface area (Å²) in [5.41, 5.74) is 2.08. The van der Waals surface area contributed by atoms with Gasteiger partial charge >= 0.3 is 0 Å². The van der Waals surface area contributed by atoms with Crippen molar-refractivity contribution in [1.29, 1.82) is 0 Å². The highest BCUT2D eigenvalue weighted by Gasteiger charge is 2.09. The minimum atomic E-state index is 0.294. The molecule has 0 fully saturated rings. The van der Waals surface area contributed by atoms with Crippen LogP contribution in [0.1, 0.15) is 31.7 Å². The summed E-state index contributed by atoms with van der Waals surface area (Å²) in [5.74, 6) is 0.878. The first-order valence-corrected chi connectivity index (χ1v) is 7.54. The van der Waals surface area contributed by atoms with Crippen LogP contribution in [-0.2, 0) is 11.2 Å². The van der Waals surface area contributed by atoms with E-state index in [-0.39, 0.29) is 0 Å². The lowest BCUT2D eigenvalue weighted by Gasteiger charge is -2.02. The Balaban J connectivity index is 1.96. The molecule has 1 aromatic carbocycles. The molecule has 3 heteroatoms. The summed E-state index contributed by atoms with van der Waals surface area (Å²) < 4.78 is 0. The molecule has 1 heterocycles. The largest absolute Gasteiger partial charge is 0.299 e. The molecule has 2 nitrogen and oxygen atoms in total. The number of aromatic nitrogens is 1. The van der Waals surface area contributed by atoms with Crippen LogP contribution in [0.2, 0.25) is 0 Å².